The highest BCUT2D eigenvalue weighted by Crippen LogP contribution is 2.22. The smallest absolute Gasteiger partial charge is 0.257 e. The number of hydrogen-bond donors (Lipinski definition) is 0. The Morgan fingerprint density at radius 2 is 1.66 bits per heavy atom. The molecule has 0 saturated heterocycles. The topological polar surface area (TPSA) is 41.9 Å². The monoisotopic (exact) mass is 442 g/mol. The molecule has 1 atom stereocenters. The molecule has 1 aliphatic rings. The van der Waals surface area contributed by atoms with Crippen LogP contribution in [0.1, 0.15) is 27.9 Å². The molecule has 0 aromatic heterocycles. The Kier molecular flexibility index (Phi) is 6.20. The fraction of sp³-hybridized carbons (Fsp3) is 0.167. The van der Waals surface area contributed by atoms with Crippen molar-refractivity contribution < 1.29 is 27.2 Å². The number of amides is 1. The van der Waals surface area contributed by atoms with E-state index < -0.39 is 29.5 Å². The van der Waals surface area contributed by atoms with E-state index in [1.54, 1.807) is 12.1 Å². The number of nitrogens with zero attached hydrogens (tertiary/aromatic N) is 2. The summed E-state index contributed by atoms with van der Waals surface area (Å²) in [6, 6.07) is 14.3. The number of carbonyl (C=O) groups is 1. The molecule has 1 aliphatic heterocycles. The van der Waals surface area contributed by atoms with Crippen LogP contribution in [0.15, 0.2) is 71.9 Å². The number of benzene rings is 3. The Labute approximate surface area is 181 Å². The molecule has 0 spiro atoms. The number of rotatable bonds is 6. The van der Waals surface area contributed by atoms with Gasteiger partial charge in [0.15, 0.2) is 6.10 Å². The molecule has 0 radical (unpaired) electrons. The highest BCUT2D eigenvalue weighted by atomic mass is 19.1. The van der Waals surface area contributed by atoms with Crippen molar-refractivity contribution >= 4 is 11.6 Å². The number of oxime groups is 1. The molecule has 8 heteroatoms. The van der Waals surface area contributed by atoms with Crippen molar-refractivity contribution in [2.45, 2.75) is 19.1 Å². The summed E-state index contributed by atoms with van der Waals surface area (Å²) in [4.78, 5) is 19.8. The van der Waals surface area contributed by atoms with Crippen LogP contribution in [-0.4, -0.2) is 29.2 Å². The van der Waals surface area contributed by atoms with Gasteiger partial charge in [-0.15, -0.1) is 0 Å². The summed E-state index contributed by atoms with van der Waals surface area (Å²) < 4.78 is 55.0. The Hall–Kier alpha value is -3.68. The second kappa shape index (κ2) is 9.21. The van der Waals surface area contributed by atoms with Crippen LogP contribution in [0, 0.1) is 23.3 Å². The van der Waals surface area contributed by atoms with E-state index in [0.717, 1.165) is 18.2 Å². The minimum Gasteiger partial charge on any atom is -0.390 e. The number of carbonyl (C=O) groups excluding carboxylic acids is 1. The minimum absolute atomic E-state index is 0.0157. The molecule has 0 fully saturated rings. The maximum atomic E-state index is 14.2. The first kappa shape index (κ1) is 21.5. The minimum atomic E-state index is -0.813. The Morgan fingerprint density at radius 3 is 2.38 bits per heavy atom. The van der Waals surface area contributed by atoms with Crippen LogP contribution in [0.25, 0.3) is 0 Å². The third-order valence-electron chi connectivity index (χ3n) is 5.10. The van der Waals surface area contributed by atoms with Crippen LogP contribution < -0.4 is 0 Å². The average molecular weight is 442 g/mol. The highest BCUT2D eigenvalue weighted by molar-refractivity contribution is 6.01. The first-order valence-corrected chi connectivity index (χ1v) is 9.87. The van der Waals surface area contributed by atoms with E-state index in [-0.39, 0.29) is 30.0 Å². The fourth-order valence-corrected chi connectivity index (χ4v) is 3.46. The lowest BCUT2D eigenvalue weighted by Gasteiger charge is -2.25. The van der Waals surface area contributed by atoms with Crippen LogP contribution in [-0.2, 0) is 11.4 Å². The van der Waals surface area contributed by atoms with Gasteiger partial charge in [0.25, 0.3) is 5.91 Å². The summed E-state index contributed by atoms with van der Waals surface area (Å²) >= 11 is 0. The van der Waals surface area contributed by atoms with Crippen molar-refractivity contribution in [2.75, 3.05) is 6.54 Å². The second-order valence-electron chi connectivity index (χ2n) is 7.38. The lowest BCUT2D eigenvalue weighted by atomic mass is 10.0. The molecule has 0 bridgehead atoms. The van der Waals surface area contributed by atoms with Gasteiger partial charge in [0.05, 0.1) is 17.8 Å². The molecule has 0 saturated carbocycles. The number of hydrogen-bond acceptors (Lipinski definition) is 3. The summed E-state index contributed by atoms with van der Waals surface area (Å²) in [7, 11) is 0. The molecule has 164 valence electrons. The standard InChI is InChI=1S/C24H18F4N2O2/c25-17-8-5-15(6-9-17)23-12-19(32-29-23)14-30(13-16-7-10-18(26)11-22(16)28)24(31)20-3-1-2-4-21(20)27/h1-11,19H,12-14H2/t19-/m0/s1. The van der Waals surface area contributed by atoms with Gasteiger partial charge in [0.1, 0.15) is 23.3 Å². The SMILES string of the molecule is O=C(c1ccccc1F)N(Cc1ccc(F)cc1F)C[C@@H]1CC(c2ccc(F)cc2)=NO1. The molecule has 32 heavy (non-hydrogen) atoms. The molecule has 4 rings (SSSR count). The van der Waals surface area contributed by atoms with Crippen molar-refractivity contribution in [3.05, 3.63) is 107 Å². The zero-order chi connectivity index (χ0) is 22.7. The van der Waals surface area contributed by atoms with E-state index in [4.69, 9.17) is 4.84 Å². The van der Waals surface area contributed by atoms with Gasteiger partial charge < -0.3 is 9.74 Å². The average Bonchev–Trinajstić information content (AvgIpc) is 3.24. The van der Waals surface area contributed by atoms with Crippen LogP contribution in [0.2, 0.25) is 0 Å². The molecular weight excluding hydrogens is 424 g/mol. The van der Waals surface area contributed by atoms with Crippen molar-refractivity contribution in [3.63, 3.8) is 0 Å². The van der Waals surface area contributed by atoms with E-state index in [1.165, 1.54) is 41.3 Å². The summed E-state index contributed by atoms with van der Waals surface area (Å²) in [6.45, 7) is -0.233. The van der Waals surface area contributed by atoms with Crippen molar-refractivity contribution in [1.29, 1.82) is 0 Å². The third kappa shape index (κ3) is 4.80. The van der Waals surface area contributed by atoms with Gasteiger partial charge in [-0.3, -0.25) is 4.79 Å². The lowest BCUT2D eigenvalue weighted by Crippen LogP contribution is -2.38. The van der Waals surface area contributed by atoms with Crippen LogP contribution in [0.4, 0.5) is 17.6 Å². The molecule has 1 heterocycles. The predicted octanol–water partition coefficient (Wildman–Crippen LogP) is 5.08. The van der Waals surface area contributed by atoms with Gasteiger partial charge in [0.2, 0.25) is 0 Å². The van der Waals surface area contributed by atoms with Crippen molar-refractivity contribution in [1.82, 2.24) is 4.90 Å². The first-order chi connectivity index (χ1) is 15.4. The maximum Gasteiger partial charge on any atom is 0.257 e. The van der Waals surface area contributed by atoms with Crippen molar-refractivity contribution in [3.8, 4) is 0 Å². The van der Waals surface area contributed by atoms with Crippen LogP contribution in [0.5, 0.6) is 0 Å². The van der Waals surface area contributed by atoms with E-state index in [2.05, 4.69) is 5.16 Å². The van der Waals surface area contributed by atoms with E-state index >= 15 is 0 Å². The zero-order valence-electron chi connectivity index (χ0n) is 16.8. The molecule has 3 aromatic carbocycles. The quantitative estimate of drug-likeness (QED) is 0.500. The molecule has 4 nitrogen and oxygen atoms in total. The Morgan fingerprint density at radius 1 is 0.938 bits per heavy atom. The predicted molar refractivity (Wildman–Crippen MR) is 110 cm³/mol. The zero-order valence-corrected chi connectivity index (χ0v) is 16.8. The van der Waals surface area contributed by atoms with Crippen LogP contribution in [0.3, 0.4) is 0 Å². The molecule has 0 N–H and O–H groups in total. The highest BCUT2D eigenvalue weighted by Gasteiger charge is 2.29. The Bertz CT molecular complexity index is 1160. The summed E-state index contributed by atoms with van der Waals surface area (Å²) in [5.41, 5.74) is 1.15. The summed E-state index contributed by atoms with van der Waals surface area (Å²) in [5.74, 6) is -3.31. The normalized spacial score (nSPS) is 15.2. The van der Waals surface area contributed by atoms with E-state index in [9.17, 15) is 22.4 Å². The van der Waals surface area contributed by atoms with Gasteiger partial charge in [0, 0.05) is 24.6 Å². The largest absolute Gasteiger partial charge is 0.390 e. The van der Waals surface area contributed by atoms with Crippen molar-refractivity contribution in [2.24, 2.45) is 5.16 Å². The Balaban J connectivity index is 1.55. The molecular formula is C24H18F4N2O2. The molecule has 1 amide bonds. The van der Waals surface area contributed by atoms with E-state index in [1.807, 2.05) is 0 Å². The van der Waals surface area contributed by atoms with Gasteiger partial charge in [-0.05, 0) is 35.9 Å². The van der Waals surface area contributed by atoms with Gasteiger partial charge in [-0.2, -0.15) is 0 Å². The van der Waals surface area contributed by atoms with Crippen LogP contribution >= 0.6 is 0 Å². The fourth-order valence-electron chi connectivity index (χ4n) is 3.46. The lowest BCUT2D eigenvalue weighted by molar-refractivity contribution is 0.0400. The van der Waals surface area contributed by atoms with Gasteiger partial charge >= 0.3 is 0 Å². The first-order valence-electron chi connectivity index (χ1n) is 9.87. The summed E-state index contributed by atoms with van der Waals surface area (Å²) in [5, 5.41) is 4.01. The van der Waals surface area contributed by atoms with E-state index in [0.29, 0.717) is 17.7 Å². The second-order valence-corrected chi connectivity index (χ2v) is 7.38. The number of halogens is 4. The van der Waals surface area contributed by atoms with Gasteiger partial charge in [-0.25, -0.2) is 17.6 Å². The molecule has 0 aliphatic carbocycles. The third-order valence-corrected chi connectivity index (χ3v) is 5.10. The molecule has 0 unspecified atom stereocenters. The maximum absolute atomic E-state index is 14.2. The summed E-state index contributed by atoms with van der Waals surface area (Å²) in [6.07, 6.45) is -0.257. The van der Waals surface area contributed by atoms with Gasteiger partial charge in [-0.1, -0.05) is 35.5 Å². The molecule has 3 aromatic rings.